The van der Waals surface area contributed by atoms with E-state index in [2.05, 4.69) is 15.9 Å². The van der Waals surface area contributed by atoms with Gasteiger partial charge in [0.15, 0.2) is 0 Å². The molecule has 0 aliphatic carbocycles. The van der Waals surface area contributed by atoms with Crippen molar-refractivity contribution in [1.82, 2.24) is 0 Å². The van der Waals surface area contributed by atoms with E-state index in [4.69, 9.17) is 9.47 Å². The van der Waals surface area contributed by atoms with E-state index < -0.39 is 11.6 Å². The van der Waals surface area contributed by atoms with Gasteiger partial charge in [-0.1, -0.05) is 6.92 Å². The van der Waals surface area contributed by atoms with Gasteiger partial charge in [-0.2, -0.15) is 0 Å². The topological polar surface area (TPSA) is 55.8 Å². The second-order valence-corrected chi connectivity index (χ2v) is 6.57. The van der Waals surface area contributed by atoms with E-state index in [1.807, 2.05) is 6.92 Å². The summed E-state index contributed by atoms with van der Waals surface area (Å²) in [6, 6.07) is 1.79. The van der Waals surface area contributed by atoms with Gasteiger partial charge in [0, 0.05) is 11.5 Å². The molecule has 1 aliphatic rings. The quantitative estimate of drug-likeness (QED) is 0.800. The molecule has 0 radical (unpaired) electrons. The molecule has 4 nitrogen and oxygen atoms in total. The molecule has 104 valence electrons. The second-order valence-electron chi connectivity index (χ2n) is 5.71. The van der Waals surface area contributed by atoms with Gasteiger partial charge in [0.25, 0.3) is 0 Å². The summed E-state index contributed by atoms with van der Waals surface area (Å²) in [6.45, 7) is 7.85. The molecule has 2 rings (SSSR count). The lowest BCUT2D eigenvalue weighted by Gasteiger charge is -2.21. The Kier molecular flexibility index (Phi) is 3.51. The van der Waals surface area contributed by atoms with E-state index >= 15 is 0 Å². The van der Waals surface area contributed by atoms with Crippen LogP contribution >= 0.6 is 15.9 Å². The lowest BCUT2D eigenvalue weighted by molar-refractivity contribution is 0.00635. The number of carbonyl (C=O) groups excluding carboxylic acids is 1. The summed E-state index contributed by atoms with van der Waals surface area (Å²) in [7, 11) is 0. The van der Waals surface area contributed by atoms with Crippen LogP contribution in [0.25, 0.3) is 0 Å². The Morgan fingerprint density at radius 3 is 2.74 bits per heavy atom. The standard InChI is InChI=1S/C14H17BrO4/c1-7-6-18-12-8(7)5-9(15)11(16)10(12)13(17)19-14(2,3)4/h5,7,16H,6H2,1-4H3. The van der Waals surface area contributed by atoms with Crippen molar-refractivity contribution in [3.05, 3.63) is 21.7 Å². The number of carbonyl (C=O) groups is 1. The SMILES string of the molecule is CC1COc2c1cc(Br)c(O)c2C(=O)OC(C)(C)C. The van der Waals surface area contributed by atoms with E-state index in [0.717, 1.165) is 5.56 Å². The first-order chi connectivity index (χ1) is 8.70. The Labute approximate surface area is 120 Å². The minimum atomic E-state index is -0.622. The molecule has 0 saturated heterocycles. The van der Waals surface area contributed by atoms with Gasteiger partial charge >= 0.3 is 5.97 Å². The highest BCUT2D eigenvalue weighted by Crippen LogP contribution is 2.45. The zero-order valence-electron chi connectivity index (χ0n) is 11.4. The van der Waals surface area contributed by atoms with E-state index in [9.17, 15) is 9.90 Å². The highest BCUT2D eigenvalue weighted by molar-refractivity contribution is 9.10. The summed E-state index contributed by atoms with van der Waals surface area (Å²) in [5.41, 5.74) is 0.386. The highest BCUT2D eigenvalue weighted by Gasteiger charge is 2.32. The molecule has 1 unspecified atom stereocenters. The molecule has 1 aromatic carbocycles. The number of hydrogen-bond donors (Lipinski definition) is 1. The van der Waals surface area contributed by atoms with Gasteiger partial charge in [0.2, 0.25) is 0 Å². The van der Waals surface area contributed by atoms with Crippen LogP contribution in [-0.4, -0.2) is 23.3 Å². The molecule has 19 heavy (non-hydrogen) atoms. The van der Waals surface area contributed by atoms with Gasteiger partial charge in [-0.3, -0.25) is 0 Å². The van der Waals surface area contributed by atoms with Gasteiger partial charge in [0.05, 0.1) is 11.1 Å². The first-order valence-corrected chi connectivity index (χ1v) is 6.91. The number of fused-ring (bicyclic) bond motifs is 1. The maximum Gasteiger partial charge on any atom is 0.346 e. The Hall–Kier alpha value is -1.23. The molecular weight excluding hydrogens is 312 g/mol. The number of aromatic hydroxyl groups is 1. The fourth-order valence-electron chi connectivity index (χ4n) is 1.98. The second kappa shape index (κ2) is 4.71. The van der Waals surface area contributed by atoms with Crippen LogP contribution in [0.1, 0.15) is 49.5 Å². The Bertz CT molecular complexity index is 531. The largest absolute Gasteiger partial charge is 0.506 e. The maximum absolute atomic E-state index is 12.2. The summed E-state index contributed by atoms with van der Waals surface area (Å²) in [4.78, 5) is 12.2. The van der Waals surface area contributed by atoms with Crippen molar-refractivity contribution >= 4 is 21.9 Å². The molecule has 1 atom stereocenters. The van der Waals surface area contributed by atoms with Crippen molar-refractivity contribution in [1.29, 1.82) is 0 Å². The van der Waals surface area contributed by atoms with Gasteiger partial charge in [-0.15, -0.1) is 0 Å². The lowest BCUT2D eigenvalue weighted by Crippen LogP contribution is -2.24. The van der Waals surface area contributed by atoms with Gasteiger partial charge < -0.3 is 14.6 Å². The van der Waals surface area contributed by atoms with Gasteiger partial charge in [-0.05, 0) is 42.8 Å². The molecule has 1 N–H and O–H groups in total. The zero-order chi connectivity index (χ0) is 14.4. The molecule has 1 aliphatic heterocycles. The van der Waals surface area contributed by atoms with Crippen LogP contribution in [0.3, 0.4) is 0 Å². The highest BCUT2D eigenvalue weighted by atomic mass is 79.9. The Balaban J connectivity index is 2.51. The molecule has 0 saturated carbocycles. The summed E-state index contributed by atoms with van der Waals surface area (Å²) >= 11 is 3.26. The molecule has 0 fully saturated rings. The first kappa shape index (κ1) is 14.2. The average Bonchev–Trinajstić information content (AvgIpc) is 2.59. The number of benzene rings is 1. The van der Waals surface area contributed by atoms with Crippen LogP contribution in [0, 0.1) is 0 Å². The van der Waals surface area contributed by atoms with Gasteiger partial charge in [0.1, 0.15) is 22.7 Å². The molecule has 0 bridgehead atoms. The summed E-state index contributed by atoms with van der Waals surface area (Å²) in [5.74, 6) is -0.0886. The average molecular weight is 329 g/mol. The summed E-state index contributed by atoms with van der Waals surface area (Å²) in [6.07, 6.45) is 0. The van der Waals surface area contributed by atoms with E-state index in [-0.39, 0.29) is 17.2 Å². The monoisotopic (exact) mass is 328 g/mol. The number of hydrogen-bond acceptors (Lipinski definition) is 4. The normalized spacial score (nSPS) is 17.8. The molecule has 1 heterocycles. The summed E-state index contributed by atoms with van der Waals surface area (Å²) < 4.78 is 11.3. The number of phenolic OH excluding ortho intramolecular Hbond substituents is 1. The molecule has 0 amide bonds. The van der Waals surface area contributed by atoms with Crippen LogP contribution in [0.4, 0.5) is 0 Å². The Morgan fingerprint density at radius 2 is 2.16 bits per heavy atom. The molecule has 0 aromatic heterocycles. The zero-order valence-corrected chi connectivity index (χ0v) is 13.0. The minimum Gasteiger partial charge on any atom is -0.506 e. The Morgan fingerprint density at radius 1 is 1.53 bits per heavy atom. The van der Waals surface area contributed by atoms with Crippen LogP contribution in [0.5, 0.6) is 11.5 Å². The third kappa shape index (κ3) is 2.71. The molecule has 0 spiro atoms. The fraction of sp³-hybridized carbons (Fsp3) is 0.500. The molecular formula is C14H17BrO4. The van der Waals surface area contributed by atoms with Gasteiger partial charge in [-0.25, -0.2) is 4.79 Å². The van der Waals surface area contributed by atoms with E-state index in [0.29, 0.717) is 16.8 Å². The van der Waals surface area contributed by atoms with Crippen LogP contribution in [0.2, 0.25) is 0 Å². The number of rotatable bonds is 1. The van der Waals surface area contributed by atoms with E-state index in [1.165, 1.54) is 0 Å². The van der Waals surface area contributed by atoms with Crippen molar-refractivity contribution in [3.63, 3.8) is 0 Å². The maximum atomic E-state index is 12.2. The third-order valence-electron chi connectivity index (χ3n) is 2.85. The lowest BCUT2D eigenvalue weighted by atomic mass is 10.00. The van der Waals surface area contributed by atoms with Crippen LogP contribution < -0.4 is 4.74 Å². The van der Waals surface area contributed by atoms with Crippen LogP contribution in [0.15, 0.2) is 10.5 Å². The first-order valence-electron chi connectivity index (χ1n) is 6.12. The fourth-order valence-corrected chi connectivity index (χ4v) is 2.42. The number of halogens is 1. The predicted octanol–water partition coefficient (Wildman–Crippen LogP) is 3.61. The predicted molar refractivity (Wildman–Crippen MR) is 74.9 cm³/mol. The van der Waals surface area contributed by atoms with Crippen molar-refractivity contribution in [2.75, 3.05) is 6.61 Å². The molecule has 5 heteroatoms. The number of ether oxygens (including phenoxy) is 2. The number of esters is 1. The minimum absolute atomic E-state index is 0.101. The molecule has 1 aromatic rings. The van der Waals surface area contributed by atoms with Crippen LogP contribution in [-0.2, 0) is 4.74 Å². The van der Waals surface area contributed by atoms with Crippen molar-refractivity contribution in [2.45, 2.75) is 39.2 Å². The smallest absolute Gasteiger partial charge is 0.346 e. The van der Waals surface area contributed by atoms with Crippen molar-refractivity contribution in [2.24, 2.45) is 0 Å². The number of phenols is 1. The third-order valence-corrected chi connectivity index (χ3v) is 3.45. The van der Waals surface area contributed by atoms with Crippen molar-refractivity contribution < 1.29 is 19.4 Å². The van der Waals surface area contributed by atoms with E-state index in [1.54, 1.807) is 26.8 Å². The summed E-state index contributed by atoms with van der Waals surface area (Å²) in [5, 5.41) is 10.1. The van der Waals surface area contributed by atoms with Crippen molar-refractivity contribution in [3.8, 4) is 11.5 Å².